The highest BCUT2D eigenvalue weighted by atomic mass is 16.2. The number of rotatable bonds is 6. The second-order valence-electron chi connectivity index (χ2n) is 7.59. The number of hydrogen-bond donors (Lipinski definition) is 2. The Kier molecular flexibility index (Phi) is 4.99. The quantitative estimate of drug-likeness (QED) is 0.684. The van der Waals surface area contributed by atoms with E-state index in [1.165, 1.54) is 0 Å². The van der Waals surface area contributed by atoms with Crippen molar-refractivity contribution in [3.63, 3.8) is 0 Å². The zero-order chi connectivity index (χ0) is 19.7. The van der Waals surface area contributed by atoms with Gasteiger partial charge in [0.2, 0.25) is 11.8 Å². The Balaban J connectivity index is 1.54. The van der Waals surface area contributed by atoms with Crippen molar-refractivity contribution in [3.8, 4) is 0 Å². The average molecular weight is 384 g/mol. The molecule has 3 N–H and O–H groups in total. The monoisotopic (exact) mass is 384 g/mol. The number of hydrogen-bond acceptors (Lipinski definition) is 5. The Labute approximate surface area is 162 Å². The first kappa shape index (κ1) is 18.4. The minimum atomic E-state index is -0.352. The predicted octanol–water partition coefficient (Wildman–Crippen LogP) is -0.693. The van der Waals surface area contributed by atoms with E-state index in [-0.39, 0.29) is 48.3 Å². The maximum atomic E-state index is 12.6. The van der Waals surface area contributed by atoms with Gasteiger partial charge in [-0.15, -0.1) is 0 Å². The van der Waals surface area contributed by atoms with Crippen LogP contribution in [-0.4, -0.2) is 57.2 Å². The Hall–Kier alpha value is -2.94. The molecule has 2 bridgehead atoms. The van der Waals surface area contributed by atoms with Gasteiger partial charge in [0.25, 0.3) is 5.56 Å². The number of piperidine rings is 1. The van der Waals surface area contributed by atoms with Crippen molar-refractivity contribution in [1.82, 2.24) is 24.6 Å². The van der Waals surface area contributed by atoms with E-state index in [0.717, 1.165) is 12.1 Å². The number of nitrogens with one attached hydrogen (secondary N) is 1. The molecular weight excluding hydrogens is 360 g/mol. The third kappa shape index (κ3) is 3.70. The van der Waals surface area contributed by atoms with Gasteiger partial charge in [-0.3, -0.25) is 24.0 Å². The van der Waals surface area contributed by atoms with Crippen molar-refractivity contribution >= 4 is 11.8 Å². The van der Waals surface area contributed by atoms with Gasteiger partial charge >= 0.3 is 0 Å². The molecule has 4 rings (SSSR count). The van der Waals surface area contributed by atoms with Crippen LogP contribution in [-0.2, 0) is 16.1 Å². The lowest BCUT2D eigenvalue weighted by Crippen LogP contribution is -2.53. The van der Waals surface area contributed by atoms with E-state index in [2.05, 4.69) is 15.3 Å². The van der Waals surface area contributed by atoms with Gasteiger partial charge in [0.15, 0.2) is 0 Å². The Bertz CT molecular complexity index is 922. The molecule has 2 aliphatic heterocycles. The fraction of sp³-hybridized carbons (Fsp3) is 0.474. The number of pyridine rings is 1. The van der Waals surface area contributed by atoms with Crippen molar-refractivity contribution in [2.24, 2.45) is 11.7 Å². The molecule has 148 valence electrons. The van der Waals surface area contributed by atoms with Gasteiger partial charge in [-0.25, -0.2) is 0 Å². The molecule has 0 unspecified atom stereocenters. The average Bonchev–Trinajstić information content (AvgIpc) is 3.14. The second-order valence-corrected chi connectivity index (χ2v) is 7.59. The van der Waals surface area contributed by atoms with E-state index in [1.54, 1.807) is 35.3 Å². The van der Waals surface area contributed by atoms with Gasteiger partial charge in [-0.05, 0) is 24.5 Å². The lowest BCUT2D eigenvalue weighted by atomic mass is 9.78. The number of fused-ring (bicyclic) bond motifs is 4. The molecule has 0 aromatic carbocycles. The summed E-state index contributed by atoms with van der Waals surface area (Å²) in [6, 6.07) is 6.91. The van der Waals surface area contributed by atoms with Gasteiger partial charge in [0.1, 0.15) is 6.54 Å². The molecule has 4 heterocycles. The number of likely N-dealkylation sites (tertiary alicyclic amines) is 1. The molecule has 2 aromatic heterocycles. The molecule has 28 heavy (non-hydrogen) atoms. The maximum Gasteiger partial charge on any atom is 0.251 e. The topological polar surface area (TPSA) is 115 Å². The predicted molar refractivity (Wildman–Crippen MR) is 101 cm³/mol. The normalized spacial score (nSPS) is 23.8. The van der Waals surface area contributed by atoms with Gasteiger partial charge in [-0.1, -0.05) is 6.07 Å². The van der Waals surface area contributed by atoms with E-state index < -0.39 is 0 Å². The summed E-state index contributed by atoms with van der Waals surface area (Å²) >= 11 is 0. The molecule has 2 aliphatic rings. The van der Waals surface area contributed by atoms with Crippen LogP contribution in [0.25, 0.3) is 0 Å². The largest absolute Gasteiger partial charge is 0.369 e. The highest BCUT2D eigenvalue weighted by Crippen LogP contribution is 2.40. The van der Waals surface area contributed by atoms with Crippen LogP contribution >= 0.6 is 0 Å². The first-order valence-electron chi connectivity index (χ1n) is 9.47. The Morgan fingerprint density at radius 1 is 1.21 bits per heavy atom. The van der Waals surface area contributed by atoms with Crippen LogP contribution in [0.1, 0.15) is 24.1 Å². The number of amides is 2. The summed E-state index contributed by atoms with van der Waals surface area (Å²) in [6.07, 6.45) is 4.28. The summed E-state index contributed by atoms with van der Waals surface area (Å²) in [7, 11) is 0. The molecule has 0 radical (unpaired) electrons. The van der Waals surface area contributed by atoms with E-state index in [1.807, 2.05) is 10.6 Å². The van der Waals surface area contributed by atoms with Crippen molar-refractivity contribution in [3.05, 3.63) is 52.7 Å². The third-order valence-electron chi connectivity index (χ3n) is 5.63. The molecule has 0 spiro atoms. The van der Waals surface area contributed by atoms with Gasteiger partial charge in [0, 0.05) is 49.7 Å². The first-order chi connectivity index (χ1) is 13.5. The number of aromatic nitrogens is 3. The SMILES string of the molecule is NC(=O)CN1C[C@H]2C[C@@H](C1)[C@H](CNC(=O)Cn1cccn1)n1c2cccc1=O. The molecule has 0 aliphatic carbocycles. The summed E-state index contributed by atoms with van der Waals surface area (Å²) in [6.45, 7) is 2.10. The summed E-state index contributed by atoms with van der Waals surface area (Å²) in [4.78, 5) is 38.4. The van der Waals surface area contributed by atoms with E-state index in [0.29, 0.717) is 19.6 Å². The van der Waals surface area contributed by atoms with Crippen molar-refractivity contribution < 1.29 is 9.59 Å². The van der Waals surface area contributed by atoms with Crippen LogP contribution in [0, 0.1) is 5.92 Å². The highest BCUT2D eigenvalue weighted by Gasteiger charge is 2.40. The maximum absolute atomic E-state index is 12.6. The molecule has 3 atom stereocenters. The lowest BCUT2D eigenvalue weighted by molar-refractivity contribution is -0.122. The number of carbonyl (C=O) groups is 2. The zero-order valence-electron chi connectivity index (χ0n) is 15.5. The number of nitrogens with zero attached hydrogens (tertiary/aromatic N) is 4. The van der Waals surface area contributed by atoms with Crippen LogP contribution in [0.4, 0.5) is 0 Å². The summed E-state index contributed by atoms with van der Waals surface area (Å²) in [5.74, 6) is -0.158. The smallest absolute Gasteiger partial charge is 0.251 e. The van der Waals surface area contributed by atoms with Crippen LogP contribution in [0.2, 0.25) is 0 Å². The zero-order valence-corrected chi connectivity index (χ0v) is 15.5. The van der Waals surface area contributed by atoms with Crippen molar-refractivity contribution in [2.45, 2.75) is 24.9 Å². The molecular formula is C19H24N6O3. The summed E-state index contributed by atoms with van der Waals surface area (Å²) < 4.78 is 3.39. The molecule has 0 saturated carbocycles. The van der Waals surface area contributed by atoms with E-state index in [9.17, 15) is 14.4 Å². The Morgan fingerprint density at radius 3 is 2.82 bits per heavy atom. The standard InChI is InChI=1S/C19H24N6O3/c20-17(26)11-23-9-13-7-14(10-23)16(25-15(13)3-1-4-19(25)28)8-21-18(27)12-24-6-2-5-22-24/h1-6,13-14,16H,7-12H2,(H2,20,26)(H,21,27)/t13-,14+,16+/m1/s1. The number of primary amides is 1. The van der Waals surface area contributed by atoms with Crippen molar-refractivity contribution in [1.29, 1.82) is 0 Å². The fourth-order valence-electron chi connectivity index (χ4n) is 4.56. The van der Waals surface area contributed by atoms with Crippen LogP contribution in [0.15, 0.2) is 41.5 Å². The second kappa shape index (κ2) is 7.59. The lowest BCUT2D eigenvalue weighted by Gasteiger charge is -2.46. The summed E-state index contributed by atoms with van der Waals surface area (Å²) in [5.41, 5.74) is 6.30. The number of nitrogens with two attached hydrogens (primary N) is 1. The van der Waals surface area contributed by atoms with Crippen LogP contribution < -0.4 is 16.6 Å². The Morgan fingerprint density at radius 2 is 2.07 bits per heavy atom. The van der Waals surface area contributed by atoms with Crippen LogP contribution in [0.5, 0.6) is 0 Å². The molecule has 1 fully saturated rings. The highest BCUT2D eigenvalue weighted by molar-refractivity contribution is 5.76. The minimum Gasteiger partial charge on any atom is -0.369 e. The van der Waals surface area contributed by atoms with Gasteiger partial charge < -0.3 is 15.6 Å². The van der Waals surface area contributed by atoms with Gasteiger partial charge in [0.05, 0.1) is 12.6 Å². The molecule has 2 amide bonds. The van der Waals surface area contributed by atoms with Crippen LogP contribution in [0.3, 0.4) is 0 Å². The minimum absolute atomic E-state index is 0.0538. The van der Waals surface area contributed by atoms with E-state index >= 15 is 0 Å². The summed E-state index contributed by atoms with van der Waals surface area (Å²) in [5, 5.41) is 6.99. The molecule has 2 aromatic rings. The first-order valence-corrected chi connectivity index (χ1v) is 9.47. The molecule has 1 saturated heterocycles. The fourth-order valence-corrected chi connectivity index (χ4v) is 4.56. The molecule has 9 nitrogen and oxygen atoms in total. The van der Waals surface area contributed by atoms with Crippen molar-refractivity contribution in [2.75, 3.05) is 26.2 Å². The van der Waals surface area contributed by atoms with Gasteiger partial charge in [-0.2, -0.15) is 5.10 Å². The van der Waals surface area contributed by atoms with E-state index in [4.69, 9.17) is 5.73 Å². The molecule has 9 heteroatoms. The third-order valence-corrected chi connectivity index (χ3v) is 5.63. The number of carbonyl (C=O) groups excluding carboxylic acids is 2.